The molecule has 0 unspecified atom stereocenters. The normalized spacial score (nSPS) is 11.4. The molecule has 0 atom stereocenters. The first-order valence-electron chi connectivity index (χ1n) is 7.62. The van der Waals surface area contributed by atoms with Crippen molar-refractivity contribution in [3.8, 4) is 28.3 Å². The van der Waals surface area contributed by atoms with E-state index in [1.807, 2.05) is 42.5 Å². The maximum Gasteiger partial charge on any atom is 0.264 e. The third kappa shape index (κ3) is 3.10. The smallest absolute Gasteiger partial charge is 0.264 e. The summed E-state index contributed by atoms with van der Waals surface area (Å²) in [4.78, 5) is 16.0. The second-order valence-electron chi connectivity index (χ2n) is 5.36. The largest absolute Gasteiger partial charge is 0.488 e. The van der Waals surface area contributed by atoms with E-state index in [0.717, 1.165) is 21.8 Å². The van der Waals surface area contributed by atoms with Crippen molar-refractivity contribution >= 4 is 17.2 Å². The fourth-order valence-corrected chi connectivity index (χ4v) is 3.81. The zero-order valence-electron chi connectivity index (χ0n) is 13.0. The predicted molar refractivity (Wildman–Crippen MR) is 90.5 cm³/mol. The number of rotatable bonds is 5. The monoisotopic (exact) mass is 337 g/mol. The number of carbonyl (C=O) groups excluding carboxylic acids is 1. The summed E-state index contributed by atoms with van der Waals surface area (Å²) in [6.07, 6.45) is 0.516. The second kappa shape index (κ2) is 7.16. The van der Waals surface area contributed by atoms with Crippen LogP contribution >= 0.6 is 11.3 Å². The van der Waals surface area contributed by atoms with Crippen molar-refractivity contribution < 1.29 is 9.53 Å². The number of nitriles is 2. The van der Waals surface area contributed by atoms with E-state index in [1.54, 1.807) is 4.90 Å². The molecule has 0 radical (unpaired) electrons. The standard InChI is InChI=1S/C18H15N3O2S/c19-7-3-9-21(10-4-8-20)18(22)16-11-13-12-23-15-6-2-1-5-14(15)17(13)24-16/h1-2,5-6,11H,3-4,9-10,12H2. The van der Waals surface area contributed by atoms with Crippen LogP contribution in [0.15, 0.2) is 30.3 Å². The summed E-state index contributed by atoms with van der Waals surface area (Å²) in [5.41, 5.74) is 2.01. The van der Waals surface area contributed by atoms with Gasteiger partial charge in [0.1, 0.15) is 12.4 Å². The molecular formula is C18H15N3O2S. The Kier molecular flexibility index (Phi) is 4.79. The van der Waals surface area contributed by atoms with Gasteiger partial charge >= 0.3 is 0 Å². The predicted octanol–water partition coefficient (Wildman–Crippen LogP) is 3.58. The highest BCUT2D eigenvalue weighted by molar-refractivity contribution is 7.17. The molecule has 1 amide bonds. The van der Waals surface area contributed by atoms with Crippen molar-refractivity contribution in [3.05, 3.63) is 40.8 Å². The molecule has 2 aromatic rings. The highest BCUT2D eigenvalue weighted by atomic mass is 32.1. The fourth-order valence-electron chi connectivity index (χ4n) is 2.65. The van der Waals surface area contributed by atoms with Gasteiger partial charge < -0.3 is 9.64 Å². The molecule has 0 N–H and O–H groups in total. The molecule has 0 saturated heterocycles. The Morgan fingerprint density at radius 2 is 1.92 bits per heavy atom. The molecule has 120 valence electrons. The van der Waals surface area contributed by atoms with Crippen molar-refractivity contribution in [1.82, 2.24) is 4.90 Å². The molecule has 1 aliphatic rings. The lowest BCUT2D eigenvalue weighted by Gasteiger charge is -2.19. The van der Waals surface area contributed by atoms with E-state index in [1.165, 1.54) is 11.3 Å². The van der Waals surface area contributed by atoms with Crippen LogP contribution < -0.4 is 4.74 Å². The van der Waals surface area contributed by atoms with Crippen LogP contribution in [0.5, 0.6) is 5.75 Å². The number of carbonyl (C=O) groups is 1. The van der Waals surface area contributed by atoms with E-state index in [0.29, 0.717) is 24.6 Å². The maximum atomic E-state index is 12.8. The van der Waals surface area contributed by atoms with E-state index in [-0.39, 0.29) is 18.7 Å². The Bertz CT molecular complexity index is 827. The molecule has 2 heterocycles. The van der Waals surface area contributed by atoms with E-state index >= 15 is 0 Å². The van der Waals surface area contributed by atoms with Gasteiger partial charge in [0.15, 0.2) is 0 Å². The third-order valence-corrected chi connectivity index (χ3v) is 5.01. The van der Waals surface area contributed by atoms with Crippen LogP contribution in [0.1, 0.15) is 28.1 Å². The van der Waals surface area contributed by atoms with Crippen molar-refractivity contribution in [1.29, 1.82) is 10.5 Å². The van der Waals surface area contributed by atoms with Crippen molar-refractivity contribution in [2.24, 2.45) is 0 Å². The van der Waals surface area contributed by atoms with Crippen LogP contribution in [0, 0.1) is 22.7 Å². The van der Waals surface area contributed by atoms with Crippen LogP contribution in [-0.4, -0.2) is 23.9 Å². The van der Waals surface area contributed by atoms with Crippen LogP contribution in [-0.2, 0) is 6.61 Å². The van der Waals surface area contributed by atoms with Crippen LogP contribution in [0.2, 0.25) is 0 Å². The maximum absolute atomic E-state index is 12.8. The molecule has 1 aromatic carbocycles. The van der Waals surface area contributed by atoms with Crippen molar-refractivity contribution in [2.45, 2.75) is 19.4 Å². The van der Waals surface area contributed by atoms with Gasteiger partial charge in [0.2, 0.25) is 0 Å². The quantitative estimate of drug-likeness (QED) is 0.835. The van der Waals surface area contributed by atoms with Crippen LogP contribution in [0.4, 0.5) is 0 Å². The van der Waals surface area contributed by atoms with E-state index < -0.39 is 0 Å². The lowest BCUT2D eigenvalue weighted by molar-refractivity contribution is 0.0767. The van der Waals surface area contributed by atoms with Gasteiger partial charge in [0.25, 0.3) is 5.91 Å². The van der Waals surface area contributed by atoms with Gasteiger partial charge in [-0.15, -0.1) is 11.3 Å². The van der Waals surface area contributed by atoms with Crippen molar-refractivity contribution in [3.63, 3.8) is 0 Å². The van der Waals surface area contributed by atoms with Gasteiger partial charge in [-0.05, 0) is 18.2 Å². The van der Waals surface area contributed by atoms with Crippen molar-refractivity contribution in [2.75, 3.05) is 13.1 Å². The number of nitrogens with zero attached hydrogens (tertiary/aromatic N) is 3. The van der Waals surface area contributed by atoms with Crippen LogP contribution in [0.25, 0.3) is 10.4 Å². The fraction of sp³-hybridized carbons (Fsp3) is 0.278. The highest BCUT2D eigenvalue weighted by Crippen LogP contribution is 2.42. The van der Waals surface area contributed by atoms with E-state index in [9.17, 15) is 4.79 Å². The number of amides is 1. The summed E-state index contributed by atoms with van der Waals surface area (Å²) < 4.78 is 5.73. The minimum absolute atomic E-state index is 0.127. The molecule has 0 spiro atoms. The first-order chi connectivity index (χ1) is 11.7. The molecule has 0 bridgehead atoms. The summed E-state index contributed by atoms with van der Waals surface area (Å²) in [5, 5.41) is 17.5. The minimum atomic E-state index is -0.127. The lowest BCUT2D eigenvalue weighted by atomic mass is 10.1. The summed E-state index contributed by atoms with van der Waals surface area (Å²) >= 11 is 1.44. The molecule has 3 rings (SSSR count). The second-order valence-corrected chi connectivity index (χ2v) is 6.41. The Morgan fingerprint density at radius 1 is 1.21 bits per heavy atom. The van der Waals surface area contributed by atoms with Gasteiger partial charge in [-0.3, -0.25) is 4.79 Å². The zero-order valence-corrected chi connectivity index (χ0v) is 13.8. The summed E-state index contributed by atoms with van der Waals surface area (Å²) in [5.74, 6) is 0.703. The van der Waals surface area contributed by atoms with Gasteiger partial charge in [-0.2, -0.15) is 10.5 Å². The third-order valence-electron chi connectivity index (χ3n) is 3.81. The topological polar surface area (TPSA) is 77.1 Å². The van der Waals surface area contributed by atoms with E-state index in [4.69, 9.17) is 15.3 Å². The molecule has 0 fully saturated rings. The van der Waals surface area contributed by atoms with Gasteiger partial charge in [0, 0.05) is 29.1 Å². The molecule has 1 aliphatic heterocycles. The Labute approximate surface area is 144 Å². The number of thiophene rings is 1. The molecule has 0 aliphatic carbocycles. The number of hydrogen-bond donors (Lipinski definition) is 0. The summed E-state index contributed by atoms with van der Waals surface area (Å²) in [7, 11) is 0. The lowest BCUT2D eigenvalue weighted by Crippen LogP contribution is -2.32. The minimum Gasteiger partial charge on any atom is -0.488 e. The van der Waals surface area contributed by atoms with Gasteiger partial charge in [0.05, 0.1) is 29.9 Å². The summed E-state index contributed by atoms with van der Waals surface area (Å²) in [6, 6.07) is 13.7. The molecular weight excluding hydrogens is 322 g/mol. The number of para-hydroxylation sites is 1. The Balaban J connectivity index is 1.88. The average Bonchev–Trinajstić information content (AvgIpc) is 3.06. The SMILES string of the molecule is N#CCCN(CCC#N)C(=O)c1cc2c(s1)-c1ccccc1OC2. The van der Waals surface area contributed by atoms with Crippen LogP contribution in [0.3, 0.4) is 0 Å². The first kappa shape index (κ1) is 16.0. The highest BCUT2D eigenvalue weighted by Gasteiger charge is 2.24. The number of benzene rings is 1. The van der Waals surface area contributed by atoms with Gasteiger partial charge in [-0.25, -0.2) is 0 Å². The number of fused-ring (bicyclic) bond motifs is 3. The molecule has 6 heteroatoms. The average molecular weight is 337 g/mol. The molecule has 5 nitrogen and oxygen atoms in total. The Morgan fingerprint density at radius 3 is 2.62 bits per heavy atom. The summed E-state index contributed by atoms with van der Waals surface area (Å²) in [6.45, 7) is 1.13. The first-order valence-corrected chi connectivity index (χ1v) is 8.44. The number of ether oxygens (including phenoxy) is 1. The zero-order chi connectivity index (χ0) is 16.9. The molecule has 24 heavy (non-hydrogen) atoms. The molecule has 0 saturated carbocycles. The van der Waals surface area contributed by atoms with E-state index in [2.05, 4.69) is 0 Å². The molecule has 1 aromatic heterocycles. The Hall–Kier alpha value is -2.83. The number of hydrogen-bond acceptors (Lipinski definition) is 5. The van der Waals surface area contributed by atoms with Gasteiger partial charge in [-0.1, -0.05) is 12.1 Å².